The largest absolute Gasteiger partial charge is 0.381 e. The molecule has 1 fully saturated rings. The van der Waals surface area contributed by atoms with E-state index in [2.05, 4.69) is 20.4 Å². The van der Waals surface area contributed by atoms with Crippen molar-refractivity contribution in [2.24, 2.45) is 5.92 Å². The number of hydrogen-bond acceptors (Lipinski definition) is 6. The highest BCUT2D eigenvalue weighted by molar-refractivity contribution is 5.76. The number of pyridine rings is 1. The van der Waals surface area contributed by atoms with E-state index in [9.17, 15) is 4.79 Å². The molecule has 26 heavy (non-hydrogen) atoms. The van der Waals surface area contributed by atoms with Crippen LogP contribution in [0.25, 0.3) is 0 Å². The van der Waals surface area contributed by atoms with Crippen LogP contribution in [-0.4, -0.2) is 34.2 Å². The van der Waals surface area contributed by atoms with Crippen molar-refractivity contribution in [2.45, 2.75) is 51.5 Å². The zero-order chi connectivity index (χ0) is 18.4. The number of ether oxygens (including phenoxy) is 1. The minimum absolute atomic E-state index is 0.0311. The van der Waals surface area contributed by atoms with Gasteiger partial charge in [0.1, 0.15) is 6.04 Å². The lowest BCUT2D eigenvalue weighted by Gasteiger charge is -2.28. The molecule has 1 atom stereocenters. The third-order valence-corrected chi connectivity index (χ3v) is 4.63. The highest BCUT2D eigenvalue weighted by Gasteiger charge is 2.31. The fraction of sp³-hybridized carbons (Fsp3) is 0.579. The smallest absolute Gasteiger partial charge is 0.249 e. The van der Waals surface area contributed by atoms with Crippen molar-refractivity contribution < 1.29 is 14.1 Å². The number of carbonyl (C=O) groups excluding carboxylic acids is 1. The van der Waals surface area contributed by atoms with Crippen LogP contribution in [0, 0.1) is 5.92 Å². The minimum atomic E-state index is -0.268. The van der Waals surface area contributed by atoms with Gasteiger partial charge < -0.3 is 14.6 Å². The molecule has 140 valence electrons. The predicted molar refractivity (Wildman–Crippen MR) is 95.4 cm³/mol. The summed E-state index contributed by atoms with van der Waals surface area (Å²) in [4.78, 5) is 21.3. The SMILES string of the molecule is CC(C)c1noc([C@H](NC(=O)CCc2ccccn2)C2CCOCC2)n1. The van der Waals surface area contributed by atoms with E-state index in [1.54, 1.807) is 6.20 Å². The molecule has 0 unspecified atom stereocenters. The van der Waals surface area contributed by atoms with Crippen molar-refractivity contribution in [3.63, 3.8) is 0 Å². The van der Waals surface area contributed by atoms with E-state index in [0.29, 0.717) is 37.8 Å². The maximum atomic E-state index is 12.5. The lowest BCUT2D eigenvalue weighted by Crippen LogP contribution is -2.36. The van der Waals surface area contributed by atoms with Gasteiger partial charge in [0.25, 0.3) is 0 Å². The summed E-state index contributed by atoms with van der Waals surface area (Å²) in [6.07, 6.45) is 4.45. The Morgan fingerprint density at radius 1 is 1.31 bits per heavy atom. The Bertz CT molecular complexity index is 696. The second-order valence-electron chi connectivity index (χ2n) is 6.96. The first-order chi connectivity index (χ1) is 12.6. The second-order valence-corrected chi connectivity index (χ2v) is 6.96. The number of aromatic nitrogens is 3. The summed E-state index contributed by atoms with van der Waals surface area (Å²) < 4.78 is 10.9. The summed E-state index contributed by atoms with van der Waals surface area (Å²) in [6.45, 7) is 5.42. The zero-order valence-corrected chi connectivity index (χ0v) is 15.4. The molecule has 0 radical (unpaired) electrons. The topological polar surface area (TPSA) is 90.1 Å². The molecule has 3 rings (SSSR count). The van der Waals surface area contributed by atoms with E-state index in [0.717, 1.165) is 18.5 Å². The monoisotopic (exact) mass is 358 g/mol. The maximum Gasteiger partial charge on any atom is 0.249 e. The van der Waals surface area contributed by atoms with Crippen molar-refractivity contribution in [3.8, 4) is 0 Å². The molecule has 7 nitrogen and oxygen atoms in total. The minimum Gasteiger partial charge on any atom is -0.381 e. The summed E-state index contributed by atoms with van der Waals surface area (Å²) in [6, 6.07) is 5.45. The second kappa shape index (κ2) is 8.89. The predicted octanol–water partition coefficient (Wildman–Crippen LogP) is 2.80. The van der Waals surface area contributed by atoms with Gasteiger partial charge in [0.15, 0.2) is 5.82 Å². The van der Waals surface area contributed by atoms with Crippen LogP contribution in [-0.2, 0) is 16.0 Å². The molecule has 1 saturated heterocycles. The van der Waals surface area contributed by atoms with Gasteiger partial charge in [-0.1, -0.05) is 25.1 Å². The van der Waals surface area contributed by atoms with Gasteiger partial charge in [-0.05, 0) is 37.3 Å². The van der Waals surface area contributed by atoms with Crippen molar-refractivity contribution in [1.29, 1.82) is 0 Å². The number of rotatable bonds is 7. The van der Waals surface area contributed by atoms with Crippen LogP contribution in [0.1, 0.15) is 62.5 Å². The molecular formula is C19H26N4O3. The van der Waals surface area contributed by atoms with Gasteiger partial charge in [-0.2, -0.15) is 4.98 Å². The van der Waals surface area contributed by atoms with Crippen LogP contribution in [0.15, 0.2) is 28.9 Å². The summed E-state index contributed by atoms with van der Waals surface area (Å²) >= 11 is 0. The van der Waals surface area contributed by atoms with Crippen LogP contribution in [0.4, 0.5) is 0 Å². The lowest BCUT2D eigenvalue weighted by molar-refractivity contribution is -0.122. The Morgan fingerprint density at radius 2 is 2.12 bits per heavy atom. The molecule has 0 bridgehead atoms. The number of nitrogens with zero attached hydrogens (tertiary/aromatic N) is 3. The van der Waals surface area contributed by atoms with Crippen LogP contribution in [0.5, 0.6) is 0 Å². The van der Waals surface area contributed by atoms with E-state index in [1.165, 1.54) is 0 Å². The number of carbonyl (C=O) groups is 1. The summed E-state index contributed by atoms with van der Waals surface area (Å²) in [5, 5.41) is 7.16. The van der Waals surface area contributed by atoms with Crippen LogP contribution >= 0.6 is 0 Å². The lowest BCUT2D eigenvalue weighted by atomic mass is 9.91. The van der Waals surface area contributed by atoms with Crippen molar-refractivity contribution >= 4 is 5.91 Å². The first kappa shape index (κ1) is 18.5. The summed E-state index contributed by atoms with van der Waals surface area (Å²) in [5.41, 5.74) is 0.908. The molecular weight excluding hydrogens is 332 g/mol. The fourth-order valence-electron chi connectivity index (χ4n) is 3.07. The van der Waals surface area contributed by atoms with Crippen molar-refractivity contribution in [1.82, 2.24) is 20.4 Å². The van der Waals surface area contributed by atoms with Gasteiger partial charge in [0, 0.05) is 37.4 Å². The molecule has 0 saturated carbocycles. The van der Waals surface area contributed by atoms with Crippen molar-refractivity contribution in [3.05, 3.63) is 41.8 Å². The quantitative estimate of drug-likeness (QED) is 0.818. The summed E-state index contributed by atoms with van der Waals surface area (Å²) in [7, 11) is 0. The first-order valence-electron chi connectivity index (χ1n) is 9.24. The number of nitrogens with one attached hydrogen (secondary N) is 1. The number of hydrogen-bond donors (Lipinski definition) is 1. The van der Waals surface area contributed by atoms with Gasteiger partial charge >= 0.3 is 0 Å². The Labute approximate surface area is 153 Å². The Balaban J connectivity index is 1.67. The average molecular weight is 358 g/mol. The van der Waals surface area contributed by atoms with E-state index < -0.39 is 0 Å². The zero-order valence-electron chi connectivity index (χ0n) is 15.4. The average Bonchev–Trinajstić information content (AvgIpc) is 3.16. The normalized spacial score (nSPS) is 16.6. The molecule has 7 heteroatoms. The van der Waals surface area contributed by atoms with Gasteiger partial charge in [0.2, 0.25) is 11.8 Å². The molecule has 1 aliphatic rings. The molecule has 2 aromatic heterocycles. The van der Waals surface area contributed by atoms with Gasteiger partial charge in [-0.3, -0.25) is 9.78 Å². The first-order valence-corrected chi connectivity index (χ1v) is 9.24. The van der Waals surface area contributed by atoms with Gasteiger partial charge in [-0.15, -0.1) is 0 Å². The third kappa shape index (κ3) is 4.88. The molecule has 0 spiro atoms. The number of aryl methyl sites for hydroxylation is 1. The Kier molecular flexibility index (Phi) is 6.33. The molecule has 1 N–H and O–H groups in total. The highest BCUT2D eigenvalue weighted by atomic mass is 16.5. The third-order valence-electron chi connectivity index (χ3n) is 4.63. The standard InChI is InChI=1S/C19H26N4O3/c1-13(2)18-22-19(26-23-18)17(14-8-11-25-12-9-14)21-16(24)7-6-15-5-3-4-10-20-15/h3-5,10,13-14,17H,6-9,11-12H2,1-2H3,(H,21,24)/t17-/m1/s1. The molecule has 0 aliphatic carbocycles. The van der Waals surface area contributed by atoms with Crippen molar-refractivity contribution in [2.75, 3.05) is 13.2 Å². The molecule has 1 amide bonds. The van der Waals surface area contributed by atoms with E-state index >= 15 is 0 Å². The maximum absolute atomic E-state index is 12.5. The molecule has 2 aromatic rings. The van der Waals surface area contributed by atoms with Gasteiger partial charge in [0.05, 0.1) is 0 Å². The Morgan fingerprint density at radius 3 is 2.77 bits per heavy atom. The van der Waals surface area contributed by atoms with Crippen LogP contribution < -0.4 is 5.32 Å². The van der Waals surface area contributed by atoms with Gasteiger partial charge in [-0.25, -0.2) is 0 Å². The molecule has 1 aliphatic heterocycles. The summed E-state index contributed by atoms with van der Waals surface area (Å²) in [5.74, 6) is 1.55. The fourth-order valence-corrected chi connectivity index (χ4v) is 3.07. The van der Waals surface area contributed by atoms with E-state index in [1.807, 2.05) is 32.0 Å². The van der Waals surface area contributed by atoms with E-state index in [-0.39, 0.29) is 23.8 Å². The number of amides is 1. The highest BCUT2D eigenvalue weighted by Crippen LogP contribution is 2.30. The van der Waals surface area contributed by atoms with Crippen LogP contribution in [0.2, 0.25) is 0 Å². The molecule has 0 aromatic carbocycles. The Hall–Kier alpha value is -2.28. The van der Waals surface area contributed by atoms with E-state index in [4.69, 9.17) is 9.26 Å². The van der Waals surface area contributed by atoms with Crippen LogP contribution in [0.3, 0.4) is 0 Å². The molecule has 3 heterocycles.